The lowest BCUT2D eigenvalue weighted by Gasteiger charge is -2.61. The van der Waals surface area contributed by atoms with Gasteiger partial charge in [0.05, 0.1) is 5.92 Å². The van der Waals surface area contributed by atoms with Gasteiger partial charge in [0.1, 0.15) is 6.10 Å². The first-order valence-electron chi connectivity index (χ1n) is 12.9. The van der Waals surface area contributed by atoms with E-state index in [2.05, 4.69) is 27.0 Å². The van der Waals surface area contributed by atoms with Crippen LogP contribution in [0.4, 0.5) is 0 Å². The minimum absolute atomic E-state index is 0.0185. The second-order valence-electron chi connectivity index (χ2n) is 11.3. The molecule has 0 aromatic rings. The highest BCUT2D eigenvalue weighted by Gasteiger charge is 2.70. The first-order valence-corrected chi connectivity index (χ1v) is 12.9. The highest BCUT2D eigenvalue weighted by atomic mass is 16.8. The van der Waals surface area contributed by atoms with Gasteiger partial charge in [-0.05, 0) is 55.8 Å². The van der Waals surface area contributed by atoms with E-state index in [9.17, 15) is 14.4 Å². The van der Waals surface area contributed by atoms with E-state index in [1.54, 1.807) is 6.08 Å². The van der Waals surface area contributed by atoms with Crippen molar-refractivity contribution < 1.29 is 33.3 Å². The minimum Gasteiger partial charge on any atom is -0.462 e. The van der Waals surface area contributed by atoms with Gasteiger partial charge in [-0.3, -0.25) is 14.4 Å². The number of ether oxygens (including phenoxy) is 4. The van der Waals surface area contributed by atoms with Gasteiger partial charge in [-0.2, -0.15) is 0 Å². The Morgan fingerprint density at radius 2 is 1.77 bits per heavy atom. The normalized spacial score (nSPS) is 38.1. The largest absolute Gasteiger partial charge is 0.462 e. The molecule has 2 saturated carbocycles. The van der Waals surface area contributed by atoms with Crippen LogP contribution in [-0.2, 0) is 33.3 Å². The van der Waals surface area contributed by atoms with Gasteiger partial charge in [-0.15, -0.1) is 0 Å². The summed E-state index contributed by atoms with van der Waals surface area (Å²) < 4.78 is 23.6. The molecule has 7 heteroatoms. The number of hydrogen-bond acceptors (Lipinski definition) is 7. The first-order chi connectivity index (χ1) is 16.3. The van der Waals surface area contributed by atoms with E-state index >= 15 is 0 Å². The Kier molecular flexibility index (Phi) is 8.19. The Morgan fingerprint density at radius 1 is 1.11 bits per heavy atom. The van der Waals surface area contributed by atoms with Crippen LogP contribution in [0.15, 0.2) is 24.8 Å². The second kappa shape index (κ2) is 10.5. The molecule has 7 nitrogen and oxygen atoms in total. The van der Waals surface area contributed by atoms with Gasteiger partial charge in [-0.25, -0.2) is 0 Å². The maximum Gasteiger partial charge on any atom is 0.308 e. The van der Waals surface area contributed by atoms with Crippen molar-refractivity contribution >= 4 is 17.9 Å². The van der Waals surface area contributed by atoms with Crippen LogP contribution in [0, 0.1) is 34.5 Å². The van der Waals surface area contributed by atoms with Gasteiger partial charge in [0.25, 0.3) is 0 Å². The molecule has 3 aliphatic rings. The average molecular weight is 491 g/mol. The second-order valence-corrected chi connectivity index (χ2v) is 11.3. The van der Waals surface area contributed by atoms with Crippen LogP contribution in [0.1, 0.15) is 80.1 Å². The molecule has 0 radical (unpaired) electrons. The van der Waals surface area contributed by atoms with Crippen molar-refractivity contribution in [3.05, 3.63) is 24.8 Å². The fourth-order valence-corrected chi connectivity index (χ4v) is 6.80. The molecule has 1 spiro atoms. The highest BCUT2D eigenvalue weighted by Crippen LogP contribution is 2.68. The fraction of sp³-hybridized carbons (Fsp3) is 0.750. The van der Waals surface area contributed by atoms with E-state index in [4.69, 9.17) is 18.9 Å². The molecule has 0 N–H and O–H groups in total. The van der Waals surface area contributed by atoms with Gasteiger partial charge >= 0.3 is 17.9 Å². The zero-order chi connectivity index (χ0) is 26.1. The third kappa shape index (κ3) is 5.20. The molecule has 1 heterocycles. The molecule has 1 saturated heterocycles. The van der Waals surface area contributed by atoms with E-state index in [1.165, 1.54) is 13.8 Å². The molecule has 0 bridgehead atoms. The van der Waals surface area contributed by atoms with E-state index in [0.717, 1.165) is 31.3 Å². The van der Waals surface area contributed by atoms with Crippen molar-refractivity contribution in [1.29, 1.82) is 0 Å². The summed E-state index contributed by atoms with van der Waals surface area (Å²) >= 11 is 0. The topological polar surface area (TPSA) is 88.1 Å². The lowest BCUT2D eigenvalue weighted by Crippen LogP contribution is -2.60. The summed E-state index contributed by atoms with van der Waals surface area (Å²) in [6, 6.07) is 0. The third-order valence-electron chi connectivity index (χ3n) is 8.89. The van der Waals surface area contributed by atoms with Gasteiger partial charge in [0, 0.05) is 25.2 Å². The van der Waals surface area contributed by atoms with Crippen molar-refractivity contribution in [2.45, 2.75) is 98.8 Å². The summed E-state index contributed by atoms with van der Waals surface area (Å²) in [6.45, 7) is 18.9. The molecular weight excluding hydrogens is 448 g/mol. The summed E-state index contributed by atoms with van der Waals surface area (Å²) in [5, 5.41) is 0. The predicted molar refractivity (Wildman–Crippen MR) is 131 cm³/mol. The highest BCUT2D eigenvalue weighted by molar-refractivity contribution is 5.71. The SMILES string of the molecule is C=CC(=C)CC[C@]1(C)[C@H](C)CC[C@@]23[C@@H](OC(C)=O)O[C@H](OC(C)=O)[C@H]2C[C@@H](OC(=O)C(C)C)C[C@@H]13. The molecule has 0 aromatic heterocycles. The molecule has 35 heavy (non-hydrogen) atoms. The summed E-state index contributed by atoms with van der Waals surface area (Å²) in [6.07, 6.45) is 4.28. The van der Waals surface area contributed by atoms with Gasteiger partial charge in [0.2, 0.25) is 12.6 Å². The van der Waals surface area contributed by atoms with Crippen LogP contribution < -0.4 is 0 Å². The quantitative estimate of drug-likeness (QED) is 0.258. The third-order valence-corrected chi connectivity index (χ3v) is 8.89. The number of carbonyl (C=O) groups excluding carboxylic acids is 3. The van der Waals surface area contributed by atoms with Crippen LogP contribution in [0.3, 0.4) is 0 Å². The van der Waals surface area contributed by atoms with Crippen molar-refractivity contribution in [3.63, 3.8) is 0 Å². The smallest absolute Gasteiger partial charge is 0.308 e. The van der Waals surface area contributed by atoms with E-state index in [-0.39, 0.29) is 35.2 Å². The molecular formula is C28H42O7. The number of rotatable bonds is 8. The molecule has 196 valence electrons. The standard InChI is InChI=1S/C28H42O7/c1-9-17(4)10-12-27(8)18(5)11-13-28-22(14-21(15-23(27)28)34-24(31)16(2)3)25(32-19(6)29)35-26(28)33-20(7)30/h9,16,18,21-23,25-26H,1,4,10-15H2,2-3,5-8H3/t18-,21-,22-,23+,25+,26+,27-,28-/m1/s1. The summed E-state index contributed by atoms with van der Waals surface area (Å²) in [5.74, 6) is -1.24. The van der Waals surface area contributed by atoms with Gasteiger partial charge < -0.3 is 18.9 Å². The zero-order valence-electron chi connectivity index (χ0n) is 22.1. The number of esters is 3. The van der Waals surface area contributed by atoms with Gasteiger partial charge in [-0.1, -0.05) is 52.5 Å². The Hall–Kier alpha value is -2.15. The molecule has 0 amide bonds. The molecule has 2 aliphatic carbocycles. The van der Waals surface area contributed by atoms with Crippen molar-refractivity contribution in [2.75, 3.05) is 0 Å². The monoisotopic (exact) mass is 490 g/mol. The first kappa shape index (κ1) is 27.4. The van der Waals surface area contributed by atoms with Crippen molar-refractivity contribution in [1.82, 2.24) is 0 Å². The maximum absolute atomic E-state index is 12.6. The number of carbonyl (C=O) groups is 3. The molecule has 3 rings (SSSR count). The summed E-state index contributed by atoms with van der Waals surface area (Å²) in [7, 11) is 0. The number of allylic oxidation sites excluding steroid dienone is 2. The Morgan fingerprint density at radius 3 is 2.34 bits per heavy atom. The van der Waals surface area contributed by atoms with Crippen molar-refractivity contribution in [2.24, 2.45) is 34.5 Å². The van der Waals surface area contributed by atoms with Crippen LogP contribution in [-0.4, -0.2) is 36.6 Å². The Labute approximate surface area is 209 Å². The molecule has 3 fully saturated rings. The molecule has 8 atom stereocenters. The van der Waals surface area contributed by atoms with Crippen LogP contribution in [0.2, 0.25) is 0 Å². The van der Waals surface area contributed by atoms with E-state index < -0.39 is 29.9 Å². The lowest BCUT2D eigenvalue weighted by molar-refractivity contribution is -0.238. The van der Waals surface area contributed by atoms with Crippen molar-refractivity contribution in [3.8, 4) is 0 Å². The Balaban J connectivity index is 2.09. The zero-order valence-corrected chi connectivity index (χ0v) is 22.1. The fourth-order valence-electron chi connectivity index (χ4n) is 6.80. The average Bonchev–Trinajstić information content (AvgIpc) is 3.05. The molecule has 1 aliphatic heterocycles. The lowest BCUT2D eigenvalue weighted by atomic mass is 9.43. The molecule has 0 aromatic carbocycles. The minimum atomic E-state index is -0.860. The van der Waals surface area contributed by atoms with Crippen LogP contribution in [0.5, 0.6) is 0 Å². The maximum atomic E-state index is 12.6. The summed E-state index contributed by atoms with van der Waals surface area (Å²) in [4.78, 5) is 36.7. The van der Waals surface area contributed by atoms with Gasteiger partial charge in [0.15, 0.2) is 0 Å². The number of hydrogen-bond donors (Lipinski definition) is 0. The predicted octanol–water partition coefficient (Wildman–Crippen LogP) is 5.33. The molecule has 0 unspecified atom stereocenters. The Bertz CT molecular complexity index is 863. The van der Waals surface area contributed by atoms with Crippen LogP contribution >= 0.6 is 0 Å². The van der Waals surface area contributed by atoms with Crippen LogP contribution in [0.25, 0.3) is 0 Å². The van der Waals surface area contributed by atoms with E-state index in [1.807, 2.05) is 13.8 Å². The van der Waals surface area contributed by atoms with E-state index in [0.29, 0.717) is 18.8 Å². The summed E-state index contributed by atoms with van der Waals surface area (Å²) in [5.41, 5.74) is 0.270.